The number of aromatic nitrogens is 2. The normalized spacial score (nSPS) is 13.9. The molecule has 2 heterocycles. The lowest BCUT2D eigenvalue weighted by Crippen LogP contribution is -2.28. The van der Waals surface area contributed by atoms with Crippen molar-refractivity contribution >= 4 is 29.1 Å². The van der Waals surface area contributed by atoms with E-state index in [-0.39, 0.29) is 5.91 Å². The van der Waals surface area contributed by atoms with Crippen molar-refractivity contribution in [3.63, 3.8) is 0 Å². The Hall–Kier alpha value is -2.34. The molecule has 1 N–H and O–H groups in total. The van der Waals surface area contributed by atoms with Crippen LogP contribution >= 0.6 is 11.6 Å². The van der Waals surface area contributed by atoms with Gasteiger partial charge < -0.3 is 15.0 Å². The van der Waals surface area contributed by atoms with E-state index < -0.39 is 0 Å². The van der Waals surface area contributed by atoms with Gasteiger partial charge in [0, 0.05) is 24.5 Å². The minimum Gasteiger partial charge on any atom is -0.495 e. The lowest BCUT2D eigenvalue weighted by molar-refractivity contribution is 0.0787. The summed E-state index contributed by atoms with van der Waals surface area (Å²) in [4.78, 5) is 23.0. The number of rotatable bonds is 4. The molecule has 24 heavy (non-hydrogen) atoms. The maximum absolute atomic E-state index is 12.5. The fraction of sp³-hybridized carbons (Fsp3) is 0.353. The molecule has 1 saturated heterocycles. The summed E-state index contributed by atoms with van der Waals surface area (Å²) in [7, 11) is 1.56. The van der Waals surface area contributed by atoms with Crippen molar-refractivity contribution in [2.75, 3.05) is 25.5 Å². The Morgan fingerprint density at radius 3 is 2.67 bits per heavy atom. The van der Waals surface area contributed by atoms with Crippen LogP contribution in [-0.2, 0) is 0 Å². The first kappa shape index (κ1) is 16.5. The van der Waals surface area contributed by atoms with Crippen molar-refractivity contribution in [1.29, 1.82) is 0 Å². The molecule has 1 aliphatic heterocycles. The molecule has 0 atom stereocenters. The van der Waals surface area contributed by atoms with Crippen LogP contribution in [0.2, 0.25) is 5.02 Å². The zero-order valence-corrected chi connectivity index (χ0v) is 14.4. The number of carbonyl (C=O) groups is 1. The van der Waals surface area contributed by atoms with Crippen molar-refractivity contribution in [3.8, 4) is 5.75 Å². The van der Waals surface area contributed by atoms with Crippen molar-refractivity contribution in [2.45, 2.75) is 19.8 Å². The van der Waals surface area contributed by atoms with Crippen molar-refractivity contribution in [1.82, 2.24) is 14.9 Å². The van der Waals surface area contributed by atoms with Crippen LogP contribution in [0.4, 0.5) is 11.6 Å². The maximum atomic E-state index is 12.5. The van der Waals surface area contributed by atoms with Gasteiger partial charge >= 0.3 is 0 Å². The number of nitrogens with zero attached hydrogens (tertiary/aromatic N) is 3. The molecule has 0 spiro atoms. The fourth-order valence-electron chi connectivity index (χ4n) is 2.69. The van der Waals surface area contributed by atoms with Crippen LogP contribution < -0.4 is 10.1 Å². The second-order valence-corrected chi connectivity index (χ2v) is 6.10. The van der Waals surface area contributed by atoms with Gasteiger partial charge in [-0.05, 0) is 44.0 Å². The number of benzene rings is 1. The third-order valence-corrected chi connectivity index (χ3v) is 4.17. The van der Waals surface area contributed by atoms with E-state index in [0.29, 0.717) is 22.4 Å². The van der Waals surface area contributed by atoms with Gasteiger partial charge in [0.05, 0.1) is 12.1 Å². The first-order valence-electron chi connectivity index (χ1n) is 7.82. The van der Waals surface area contributed by atoms with Crippen LogP contribution in [0.15, 0.2) is 24.3 Å². The summed E-state index contributed by atoms with van der Waals surface area (Å²) >= 11 is 6.13. The molecule has 0 saturated carbocycles. The summed E-state index contributed by atoms with van der Waals surface area (Å²) in [5, 5.41) is 3.58. The predicted octanol–water partition coefficient (Wildman–Crippen LogP) is 3.43. The van der Waals surface area contributed by atoms with Crippen molar-refractivity contribution < 1.29 is 9.53 Å². The number of hydrogen-bond donors (Lipinski definition) is 1. The highest BCUT2D eigenvalue weighted by atomic mass is 35.5. The Morgan fingerprint density at radius 2 is 2.00 bits per heavy atom. The van der Waals surface area contributed by atoms with Gasteiger partial charge in [0.1, 0.15) is 11.4 Å². The van der Waals surface area contributed by atoms with E-state index in [0.717, 1.165) is 37.3 Å². The van der Waals surface area contributed by atoms with Crippen LogP contribution in [0.25, 0.3) is 0 Å². The van der Waals surface area contributed by atoms with Crippen molar-refractivity contribution in [3.05, 3.63) is 40.7 Å². The zero-order chi connectivity index (χ0) is 17.1. The van der Waals surface area contributed by atoms with Gasteiger partial charge in [-0.2, -0.15) is 0 Å². The molecule has 1 amide bonds. The summed E-state index contributed by atoms with van der Waals surface area (Å²) in [5.74, 6) is 0.921. The van der Waals surface area contributed by atoms with E-state index in [9.17, 15) is 4.79 Å². The predicted molar refractivity (Wildman–Crippen MR) is 93.2 cm³/mol. The average molecular weight is 347 g/mol. The van der Waals surface area contributed by atoms with E-state index in [1.807, 2.05) is 17.9 Å². The molecular formula is C17H19ClN4O2. The van der Waals surface area contributed by atoms with Crippen LogP contribution in [0.3, 0.4) is 0 Å². The number of amides is 1. The highest BCUT2D eigenvalue weighted by Gasteiger charge is 2.21. The number of halogens is 1. The lowest BCUT2D eigenvalue weighted by Gasteiger charge is -2.15. The fourth-order valence-corrected chi connectivity index (χ4v) is 2.95. The van der Waals surface area contributed by atoms with Crippen LogP contribution in [0, 0.1) is 6.92 Å². The van der Waals surface area contributed by atoms with Crippen LogP contribution in [0.5, 0.6) is 5.75 Å². The van der Waals surface area contributed by atoms with Gasteiger partial charge in [-0.25, -0.2) is 9.97 Å². The number of aryl methyl sites for hydroxylation is 1. The minimum atomic E-state index is -0.0474. The smallest absolute Gasteiger partial charge is 0.272 e. The second-order valence-electron chi connectivity index (χ2n) is 5.69. The third-order valence-electron chi connectivity index (χ3n) is 3.87. The largest absolute Gasteiger partial charge is 0.495 e. The Kier molecular flexibility index (Phi) is 4.85. The van der Waals surface area contributed by atoms with Crippen molar-refractivity contribution in [2.24, 2.45) is 0 Å². The summed E-state index contributed by atoms with van der Waals surface area (Å²) < 4.78 is 5.14. The first-order chi connectivity index (χ1) is 11.6. The highest BCUT2D eigenvalue weighted by molar-refractivity contribution is 6.32. The maximum Gasteiger partial charge on any atom is 0.272 e. The molecule has 0 unspecified atom stereocenters. The standard InChI is InChI=1S/C17H19ClN4O2/c1-11-9-14(16(23)22-7-3-4-8-22)21-17(19-11)20-12-5-6-15(24-2)13(18)10-12/h5-6,9-10H,3-4,7-8H2,1-2H3,(H,19,20,21). The van der Waals surface area contributed by atoms with Gasteiger partial charge in [0.2, 0.25) is 5.95 Å². The second kappa shape index (κ2) is 7.05. The Morgan fingerprint density at radius 1 is 1.25 bits per heavy atom. The highest BCUT2D eigenvalue weighted by Crippen LogP contribution is 2.28. The van der Waals surface area contributed by atoms with Gasteiger partial charge in [-0.15, -0.1) is 0 Å². The summed E-state index contributed by atoms with van der Waals surface area (Å²) in [5.41, 5.74) is 1.87. The monoisotopic (exact) mass is 346 g/mol. The number of hydrogen-bond acceptors (Lipinski definition) is 5. The van der Waals surface area contributed by atoms with E-state index in [4.69, 9.17) is 16.3 Å². The molecule has 0 aliphatic carbocycles. The number of ether oxygens (including phenoxy) is 1. The van der Waals surface area contributed by atoms with Gasteiger partial charge in [-0.1, -0.05) is 11.6 Å². The molecule has 2 aromatic rings. The number of methoxy groups -OCH3 is 1. The van der Waals surface area contributed by atoms with Gasteiger partial charge in [0.15, 0.2) is 0 Å². The minimum absolute atomic E-state index is 0.0474. The lowest BCUT2D eigenvalue weighted by atomic mass is 10.3. The first-order valence-corrected chi connectivity index (χ1v) is 8.20. The molecule has 1 aliphatic rings. The SMILES string of the molecule is COc1ccc(Nc2nc(C)cc(C(=O)N3CCCC3)n2)cc1Cl. The van der Waals surface area contributed by atoms with Gasteiger partial charge in [0.25, 0.3) is 5.91 Å². The number of anilines is 2. The zero-order valence-electron chi connectivity index (χ0n) is 13.7. The summed E-state index contributed by atoms with van der Waals surface area (Å²) in [6, 6.07) is 7.02. The molecule has 0 radical (unpaired) electrons. The average Bonchev–Trinajstić information content (AvgIpc) is 3.08. The van der Waals surface area contributed by atoms with E-state index >= 15 is 0 Å². The Bertz CT molecular complexity index is 760. The Labute approximate surface area is 145 Å². The molecule has 126 valence electrons. The molecular weight excluding hydrogens is 328 g/mol. The Balaban J connectivity index is 1.83. The summed E-state index contributed by atoms with van der Waals surface area (Å²) in [6.07, 6.45) is 2.09. The van der Waals surface area contributed by atoms with E-state index in [1.165, 1.54) is 0 Å². The summed E-state index contributed by atoms with van der Waals surface area (Å²) in [6.45, 7) is 3.42. The van der Waals surface area contributed by atoms with Crippen LogP contribution in [-0.4, -0.2) is 41.0 Å². The molecule has 0 bridgehead atoms. The molecule has 1 aromatic heterocycles. The van der Waals surface area contributed by atoms with E-state index in [1.54, 1.807) is 25.3 Å². The number of nitrogens with one attached hydrogen (secondary N) is 1. The molecule has 1 fully saturated rings. The topological polar surface area (TPSA) is 67.3 Å². The third kappa shape index (κ3) is 3.59. The van der Waals surface area contributed by atoms with Crippen LogP contribution in [0.1, 0.15) is 29.0 Å². The number of carbonyl (C=O) groups excluding carboxylic acids is 1. The quantitative estimate of drug-likeness (QED) is 0.918. The number of likely N-dealkylation sites (tertiary alicyclic amines) is 1. The molecule has 1 aromatic carbocycles. The van der Waals surface area contributed by atoms with E-state index in [2.05, 4.69) is 15.3 Å². The molecule has 7 heteroatoms. The molecule has 6 nitrogen and oxygen atoms in total. The van der Waals surface area contributed by atoms with Gasteiger partial charge in [-0.3, -0.25) is 4.79 Å². The molecule has 3 rings (SSSR count).